The first-order chi connectivity index (χ1) is 11.1. The predicted molar refractivity (Wildman–Crippen MR) is 99.0 cm³/mol. The lowest BCUT2D eigenvalue weighted by Crippen LogP contribution is -2.44. The van der Waals surface area contributed by atoms with Crippen LogP contribution in [-0.4, -0.2) is 38.8 Å². The zero-order valence-corrected chi connectivity index (χ0v) is 15.1. The molecule has 0 amide bonds. The molecule has 130 valence electrons. The Kier molecular flexibility index (Phi) is 10.1. The van der Waals surface area contributed by atoms with E-state index in [1.165, 1.54) is 5.56 Å². The summed E-state index contributed by atoms with van der Waals surface area (Å²) in [6.07, 6.45) is 3.14. The summed E-state index contributed by atoms with van der Waals surface area (Å²) in [6.45, 7) is 9.13. The van der Waals surface area contributed by atoms with Crippen LogP contribution < -0.4 is 10.6 Å². The quantitative estimate of drug-likeness (QED) is 0.395. The molecule has 1 unspecified atom stereocenters. The maximum absolute atomic E-state index is 5.69. The molecule has 0 fully saturated rings. The monoisotopic (exact) mass is 319 g/mol. The summed E-state index contributed by atoms with van der Waals surface area (Å²) in [6, 6.07) is 10.9. The van der Waals surface area contributed by atoms with Gasteiger partial charge >= 0.3 is 0 Å². The molecule has 0 saturated carbocycles. The molecule has 0 spiro atoms. The van der Waals surface area contributed by atoms with E-state index in [0.29, 0.717) is 12.0 Å². The van der Waals surface area contributed by atoms with E-state index in [4.69, 9.17) is 4.74 Å². The summed E-state index contributed by atoms with van der Waals surface area (Å²) >= 11 is 0. The largest absolute Gasteiger partial charge is 0.381 e. The molecule has 0 bridgehead atoms. The summed E-state index contributed by atoms with van der Waals surface area (Å²) in [5.74, 6) is 1.47. The van der Waals surface area contributed by atoms with Gasteiger partial charge in [0.15, 0.2) is 5.96 Å². The van der Waals surface area contributed by atoms with E-state index >= 15 is 0 Å². The van der Waals surface area contributed by atoms with Crippen LogP contribution >= 0.6 is 0 Å². The predicted octanol–water partition coefficient (Wildman–Crippen LogP) is 3.24. The van der Waals surface area contributed by atoms with Crippen molar-refractivity contribution in [3.05, 3.63) is 35.9 Å². The van der Waals surface area contributed by atoms with Gasteiger partial charge in [0.1, 0.15) is 0 Å². The molecule has 2 N–H and O–H groups in total. The highest BCUT2D eigenvalue weighted by Gasteiger charge is 2.08. The van der Waals surface area contributed by atoms with Gasteiger partial charge in [-0.15, -0.1) is 0 Å². The molecule has 1 rings (SSSR count). The summed E-state index contributed by atoms with van der Waals surface area (Å²) in [7, 11) is 1.81. The molecule has 0 aliphatic rings. The Bertz CT molecular complexity index is 432. The highest BCUT2D eigenvalue weighted by atomic mass is 16.5. The second-order valence-corrected chi connectivity index (χ2v) is 6.23. The van der Waals surface area contributed by atoms with Crippen LogP contribution in [0.3, 0.4) is 0 Å². The highest BCUT2D eigenvalue weighted by molar-refractivity contribution is 5.79. The maximum atomic E-state index is 5.69. The third-order valence-electron chi connectivity index (χ3n) is 3.97. The molecule has 0 aliphatic carbocycles. The summed E-state index contributed by atoms with van der Waals surface area (Å²) in [5, 5.41) is 6.76. The van der Waals surface area contributed by atoms with Crippen molar-refractivity contribution in [3.63, 3.8) is 0 Å². The van der Waals surface area contributed by atoms with E-state index < -0.39 is 0 Å². The minimum Gasteiger partial charge on any atom is -0.381 e. The van der Waals surface area contributed by atoms with Gasteiger partial charge in [-0.05, 0) is 37.7 Å². The fourth-order valence-corrected chi connectivity index (χ4v) is 2.05. The summed E-state index contributed by atoms with van der Waals surface area (Å²) in [4.78, 5) is 4.25. The maximum Gasteiger partial charge on any atom is 0.191 e. The molecule has 0 aliphatic heterocycles. The van der Waals surface area contributed by atoms with Crippen molar-refractivity contribution in [1.82, 2.24) is 10.6 Å². The number of hydrogen-bond acceptors (Lipinski definition) is 2. The van der Waals surface area contributed by atoms with E-state index in [0.717, 1.165) is 45.0 Å². The second-order valence-electron chi connectivity index (χ2n) is 6.23. The zero-order chi connectivity index (χ0) is 16.9. The summed E-state index contributed by atoms with van der Waals surface area (Å²) in [5.41, 5.74) is 1.34. The molecule has 0 aromatic heterocycles. The highest BCUT2D eigenvalue weighted by Crippen LogP contribution is 2.00. The van der Waals surface area contributed by atoms with Crippen molar-refractivity contribution >= 4 is 5.96 Å². The first-order valence-corrected chi connectivity index (χ1v) is 8.72. The van der Waals surface area contributed by atoms with Gasteiger partial charge in [0.2, 0.25) is 0 Å². The number of rotatable bonds is 10. The minimum absolute atomic E-state index is 0.419. The van der Waals surface area contributed by atoms with Crippen LogP contribution in [0.4, 0.5) is 0 Å². The Morgan fingerprint density at radius 3 is 2.48 bits per heavy atom. The van der Waals surface area contributed by atoms with Gasteiger partial charge in [0.25, 0.3) is 0 Å². The van der Waals surface area contributed by atoms with Gasteiger partial charge in [-0.2, -0.15) is 0 Å². The second kappa shape index (κ2) is 11.9. The molecule has 4 nitrogen and oxygen atoms in total. The van der Waals surface area contributed by atoms with Crippen LogP contribution in [0.25, 0.3) is 0 Å². The lowest BCUT2D eigenvalue weighted by atomic mass is 10.1. The van der Waals surface area contributed by atoms with Gasteiger partial charge in [0.05, 0.1) is 6.61 Å². The SMILES string of the molecule is CN=C(NCCCCOCCc1ccccc1)NC(C)C(C)C. The van der Waals surface area contributed by atoms with Crippen LogP contribution in [0.2, 0.25) is 0 Å². The number of unbranched alkanes of at least 4 members (excludes halogenated alkanes) is 1. The van der Waals surface area contributed by atoms with Crippen LogP contribution in [0.15, 0.2) is 35.3 Å². The van der Waals surface area contributed by atoms with Gasteiger partial charge in [-0.25, -0.2) is 0 Å². The number of nitrogens with one attached hydrogen (secondary N) is 2. The molecule has 1 atom stereocenters. The van der Waals surface area contributed by atoms with Gasteiger partial charge in [-0.1, -0.05) is 44.2 Å². The molecule has 0 heterocycles. The molecular weight excluding hydrogens is 286 g/mol. The van der Waals surface area contributed by atoms with Gasteiger partial charge in [0, 0.05) is 26.2 Å². The lowest BCUT2D eigenvalue weighted by Gasteiger charge is -2.20. The van der Waals surface area contributed by atoms with Crippen molar-refractivity contribution in [1.29, 1.82) is 0 Å². The number of nitrogens with zero attached hydrogens (tertiary/aromatic N) is 1. The molecular formula is C19H33N3O. The first kappa shape index (κ1) is 19.5. The normalized spacial score (nSPS) is 13.2. The van der Waals surface area contributed by atoms with E-state index in [1.54, 1.807) is 0 Å². The van der Waals surface area contributed by atoms with Gasteiger partial charge < -0.3 is 15.4 Å². The van der Waals surface area contributed by atoms with Crippen molar-refractivity contribution in [2.75, 3.05) is 26.8 Å². The number of guanidine groups is 1. The Balaban J connectivity index is 2.00. The third-order valence-corrected chi connectivity index (χ3v) is 3.97. The first-order valence-electron chi connectivity index (χ1n) is 8.72. The van der Waals surface area contributed by atoms with Crippen LogP contribution in [0, 0.1) is 5.92 Å². The van der Waals surface area contributed by atoms with Gasteiger partial charge in [-0.3, -0.25) is 4.99 Å². The van der Waals surface area contributed by atoms with E-state index in [1.807, 2.05) is 13.1 Å². The topological polar surface area (TPSA) is 45.7 Å². The number of aliphatic imine (C=N–C) groups is 1. The number of benzene rings is 1. The average Bonchev–Trinajstić information content (AvgIpc) is 2.56. The fourth-order valence-electron chi connectivity index (χ4n) is 2.05. The Morgan fingerprint density at radius 2 is 1.83 bits per heavy atom. The molecule has 1 aromatic carbocycles. The summed E-state index contributed by atoms with van der Waals surface area (Å²) < 4.78 is 5.69. The van der Waals surface area contributed by atoms with Crippen molar-refractivity contribution in [2.24, 2.45) is 10.9 Å². The van der Waals surface area contributed by atoms with Crippen molar-refractivity contribution in [3.8, 4) is 0 Å². The van der Waals surface area contributed by atoms with E-state index in [-0.39, 0.29) is 0 Å². The molecule has 1 aromatic rings. The number of hydrogen-bond donors (Lipinski definition) is 2. The zero-order valence-electron chi connectivity index (χ0n) is 15.1. The smallest absolute Gasteiger partial charge is 0.191 e. The molecule has 23 heavy (non-hydrogen) atoms. The van der Waals surface area contributed by atoms with Crippen LogP contribution in [0.1, 0.15) is 39.2 Å². The number of ether oxygens (including phenoxy) is 1. The van der Waals surface area contributed by atoms with E-state index in [2.05, 4.69) is 60.7 Å². The molecule has 4 heteroatoms. The standard InChI is InChI=1S/C19H33N3O/c1-16(2)17(3)22-19(20-4)21-13-8-9-14-23-15-12-18-10-6-5-7-11-18/h5-7,10-11,16-17H,8-9,12-15H2,1-4H3,(H2,20,21,22). The van der Waals surface area contributed by atoms with Crippen molar-refractivity contribution < 1.29 is 4.74 Å². The van der Waals surface area contributed by atoms with Crippen LogP contribution in [0.5, 0.6) is 0 Å². The van der Waals surface area contributed by atoms with E-state index in [9.17, 15) is 0 Å². The fraction of sp³-hybridized carbons (Fsp3) is 0.632. The Labute approximate surface area is 141 Å². The van der Waals surface area contributed by atoms with Crippen molar-refractivity contribution in [2.45, 2.75) is 46.1 Å². The molecule has 0 saturated heterocycles. The Hall–Kier alpha value is -1.55. The minimum atomic E-state index is 0.419. The lowest BCUT2D eigenvalue weighted by molar-refractivity contribution is 0.133. The molecule has 0 radical (unpaired) electrons. The third kappa shape index (κ3) is 9.24. The average molecular weight is 319 g/mol. The Morgan fingerprint density at radius 1 is 1.09 bits per heavy atom. The van der Waals surface area contributed by atoms with Crippen LogP contribution in [-0.2, 0) is 11.2 Å².